The van der Waals surface area contributed by atoms with Crippen molar-refractivity contribution in [2.24, 2.45) is 5.92 Å². The summed E-state index contributed by atoms with van der Waals surface area (Å²) in [6.07, 6.45) is 4.91. The number of anilines is 1. The summed E-state index contributed by atoms with van der Waals surface area (Å²) >= 11 is 7.70. The number of likely N-dealkylation sites (tertiary alicyclic amines) is 1. The van der Waals surface area contributed by atoms with Crippen molar-refractivity contribution in [3.63, 3.8) is 0 Å². The van der Waals surface area contributed by atoms with Gasteiger partial charge in [0.2, 0.25) is 0 Å². The molecular formula is C29H27ClN2O2S. The summed E-state index contributed by atoms with van der Waals surface area (Å²) in [6, 6.07) is 23.7. The summed E-state index contributed by atoms with van der Waals surface area (Å²) in [6.45, 7) is 1.53. The first-order valence-electron chi connectivity index (χ1n) is 11.9. The zero-order chi connectivity index (χ0) is 24.4. The Balaban J connectivity index is 1.28. The van der Waals surface area contributed by atoms with Gasteiger partial charge in [0.15, 0.2) is 0 Å². The van der Waals surface area contributed by atoms with Gasteiger partial charge in [0.05, 0.1) is 10.6 Å². The third-order valence-corrected chi connectivity index (χ3v) is 8.19. The third-order valence-electron chi connectivity index (χ3n) is 6.76. The first-order valence-corrected chi connectivity index (χ1v) is 13.1. The number of halogens is 1. The normalized spacial score (nSPS) is 17.5. The molecule has 2 aliphatic heterocycles. The van der Waals surface area contributed by atoms with E-state index < -0.39 is 0 Å². The predicted molar refractivity (Wildman–Crippen MR) is 144 cm³/mol. The van der Waals surface area contributed by atoms with Crippen LogP contribution in [0.1, 0.15) is 34.3 Å². The Morgan fingerprint density at radius 2 is 1.74 bits per heavy atom. The van der Waals surface area contributed by atoms with Crippen LogP contribution in [0.3, 0.4) is 0 Å². The Hall–Kier alpha value is -3.02. The summed E-state index contributed by atoms with van der Waals surface area (Å²) in [5.41, 5.74) is 3.56. The van der Waals surface area contributed by atoms with Crippen LogP contribution in [0.25, 0.3) is 6.08 Å². The van der Waals surface area contributed by atoms with Crippen molar-refractivity contribution in [2.45, 2.75) is 24.2 Å². The lowest BCUT2D eigenvalue weighted by Crippen LogP contribution is -2.39. The van der Waals surface area contributed by atoms with E-state index >= 15 is 0 Å². The van der Waals surface area contributed by atoms with Gasteiger partial charge in [0, 0.05) is 35.6 Å². The molecule has 2 heterocycles. The molecule has 35 heavy (non-hydrogen) atoms. The van der Waals surface area contributed by atoms with Gasteiger partial charge in [-0.2, -0.15) is 0 Å². The van der Waals surface area contributed by atoms with Crippen molar-refractivity contribution in [3.8, 4) is 0 Å². The highest BCUT2D eigenvalue weighted by Crippen LogP contribution is 2.42. The number of amides is 2. The molecule has 5 rings (SSSR count). The Labute approximate surface area is 215 Å². The number of carbonyl (C=O) groups excluding carboxylic acids is 2. The zero-order valence-corrected chi connectivity index (χ0v) is 21.2. The minimum absolute atomic E-state index is 0.0363. The van der Waals surface area contributed by atoms with Gasteiger partial charge in [0.1, 0.15) is 0 Å². The lowest BCUT2D eigenvalue weighted by molar-refractivity contribution is -0.114. The molecule has 178 valence electrons. The smallest absolute Gasteiger partial charge is 0.264 e. The number of hydrogen-bond acceptors (Lipinski definition) is 3. The van der Waals surface area contributed by atoms with E-state index in [9.17, 15) is 9.59 Å². The van der Waals surface area contributed by atoms with Crippen molar-refractivity contribution in [2.75, 3.05) is 25.0 Å². The molecule has 0 atom stereocenters. The van der Waals surface area contributed by atoms with Crippen molar-refractivity contribution < 1.29 is 9.59 Å². The lowest BCUT2D eigenvalue weighted by atomic mass is 9.90. The number of benzene rings is 3. The van der Waals surface area contributed by atoms with Crippen molar-refractivity contribution in [1.82, 2.24) is 4.90 Å². The van der Waals surface area contributed by atoms with Crippen LogP contribution in [-0.4, -0.2) is 36.9 Å². The quantitative estimate of drug-likeness (QED) is 0.380. The minimum atomic E-state index is -0.103. The second-order valence-corrected chi connectivity index (χ2v) is 10.6. The van der Waals surface area contributed by atoms with Crippen LogP contribution in [0.4, 0.5) is 5.69 Å². The fraction of sp³-hybridized carbons (Fsp3) is 0.241. The molecule has 1 saturated heterocycles. The van der Waals surface area contributed by atoms with Crippen LogP contribution in [0.5, 0.6) is 0 Å². The molecule has 1 fully saturated rings. The Morgan fingerprint density at radius 1 is 1.03 bits per heavy atom. The fourth-order valence-electron chi connectivity index (χ4n) is 4.73. The molecule has 0 radical (unpaired) electrons. The highest BCUT2D eigenvalue weighted by molar-refractivity contribution is 8.04. The van der Waals surface area contributed by atoms with E-state index in [1.54, 1.807) is 11.9 Å². The maximum atomic E-state index is 13.3. The molecule has 0 N–H and O–H groups in total. The van der Waals surface area contributed by atoms with Crippen LogP contribution in [0.15, 0.2) is 82.6 Å². The van der Waals surface area contributed by atoms with E-state index in [1.807, 2.05) is 59.5 Å². The molecule has 6 heteroatoms. The second kappa shape index (κ2) is 10.3. The van der Waals surface area contributed by atoms with Gasteiger partial charge in [-0.15, -0.1) is 0 Å². The summed E-state index contributed by atoms with van der Waals surface area (Å²) in [5.74, 6) is 0.538. The summed E-state index contributed by atoms with van der Waals surface area (Å²) in [7, 11) is 1.75. The van der Waals surface area contributed by atoms with Gasteiger partial charge >= 0.3 is 0 Å². The maximum absolute atomic E-state index is 13.3. The van der Waals surface area contributed by atoms with Crippen LogP contribution in [0, 0.1) is 5.92 Å². The number of thioether (sulfide) groups is 1. The third kappa shape index (κ3) is 5.16. The maximum Gasteiger partial charge on any atom is 0.264 e. The summed E-state index contributed by atoms with van der Waals surface area (Å²) in [4.78, 5) is 31.5. The van der Waals surface area contributed by atoms with Crippen LogP contribution < -0.4 is 4.90 Å². The molecular weight excluding hydrogens is 476 g/mol. The fourth-order valence-corrected chi connectivity index (χ4v) is 6.00. The van der Waals surface area contributed by atoms with E-state index in [2.05, 4.69) is 24.3 Å². The highest BCUT2D eigenvalue weighted by Gasteiger charge is 2.29. The number of rotatable bonds is 4. The van der Waals surface area contributed by atoms with Crippen LogP contribution in [-0.2, 0) is 11.2 Å². The molecule has 4 nitrogen and oxygen atoms in total. The van der Waals surface area contributed by atoms with Crippen molar-refractivity contribution >= 4 is 46.9 Å². The van der Waals surface area contributed by atoms with E-state index in [4.69, 9.17) is 11.6 Å². The van der Waals surface area contributed by atoms with Crippen LogP contribution >= 0.6 is 23.4 Å². The first kappa shape index (κ1) is 23.7. The number of carbonyl (C=O) groups is 2. The van der Waals surface area contributed by atoms with Gasteiger partial charge < -0.3 is 9.80 Å². The molecule has 3 aromatic rings. The lowest BCUT2D eigenvalue weighted by Gasteiger charge is -2.33. The molecule has 0 unspecified atom stereocenters. The number of likely N-dealkylation sites (N-methyl/N-ethyl adjacent to an activating group) is 1. The molecule has 0 aromatic heterocycles. The number of fused-ring (bicyclic) bond motifs is 1. The van der Waals surface area contributed by atoms with Gasteiger partial charge in [-0.05, 0) is 66.6 Å². The highest BCUT2D eigenvalue weighted by atomic mass is 35.5. The summed E-state index contributed by atoms with van der Waals surface area (Å²) < 4.78 is 0. The Kier molecular flexibility index (Phi) is 6.98. The molecule has 0 aliphatic carbocycles. The van der Waals surface area contributed by atoms with Gasteiger partial charge in [0.25, 0.3) is 11.8 Å². The van der Waals surface area contributed by atoms with Crippen LogP contribution in [0.2, 0.25) is 5.02 Å². The predicted octanol–water partition coefficient (Wildman–Crippen LogP) is 6.54. The molecule has 3 aromatic carbocycles. The van der Waals surface area contributed by atoms with E-state index in [-0.39, 0.29) is 11.8 Å². The van der Waals surface area contributed by atoms with E-state index in [0.29, 0.717) is 21.4 Å². The van der Waals surface area contributed by atoms with E-state index in [1.165, 1.54) is 17.3 Å². The van der Waals surface area contributed by atoms with Gasteiger partial charge in [-0.3, -0.25) is 9.59 Å². The molecule has 0 spiro atoms. The average molecular weight is 503 g/mol. The first-order chi connectivity index (χ1) is 17.0. The van der Waals surface area contributed by atoms with Crippen molar-refractivity contribution in [3.05, 3.63) is 99.4 Å². The summed E-state index contributed by atoms with van der Waals surface area (Å²) in [5, 5.41) is 0.607. The van der Waals surface area contributed by atoms with Gasteiger partial charge in [-0.1, -0.05) is 71.9 Å². The second-order valence-electron chi connectivity index (χ2n) is 9.10. The largest absolute Gasteiger partial charge is 0.339 e. The number of nitrogens with zero attached hydrogens (tertiary/aromatic N) is 2. The van der Waals surface area contributed by atoms with Crippen molar-refractivity contribution in [1.29, 1.82) is 0 Å². The topological polar surface area (TPSA) is 40.6 Å². The van der Waals surface area contributed by atoms with E-state index in [0.717, 1.165) is 48.5 Å². The number of piperidine rings is 1. The molecule has 0 bridgehead atoms. The molecule has 0 saturated carbocycles. The SMILES string of the molecule is CN1C(=O)C(=Cc2ccccc2Cl)Sc2ccc(C(=O)N3CCC(Cc4ccccc4)CC3)cc21. The average Bonchev–Trinajstić information content (AvgIpc) is 2.89. The number of hydrogen-bond donors (Lipinski definition) is 0. The standard InChI is InChI=1S/C29H27ClN2O2S/c1-31-25-18-23(28(33)32-15-13-21(14-16-32)17-20-7-3-2-4-8-20)11-12-26(25)35-27(29(31)34)19-22-9-5-6-10-24(22)30/h2-12,18-19,21H,13-17H2,1H3. The molecule has 2 aliphatic rings. The molecule has 2 amide bonds. The minimum Gasteiger partial charge on any atom is -0.339 e. The zero-order valence-electron chi connectivity index (χ0n) is 19.6. The monoisotopic (exact) mass is 502 g/mol. The van der Waals surface area contributed by atoms with Gasteiger partial charge in [-0.25, -0.2) is 0 Å². The Morgan fingerprint density at radius 3 is 2.49 bits per heavy atom. The Bertz CT molecular complexity index is 1280.